The van der Waals surface area contributed by atoms with E-state index in [4.69, 9.17) is 18.9 Å². The highest BCUT2D eigenvalue weighted by Crippen LogP contribution is 2.26. The molecule has 0 aromatic rings. The lowest BCUT2D eigenvalue weighted by Crippen LogP contribution is -2.60. The van der Waals surface area contributed by atoms with Crippen molar-refractivity contribution in [3.63, 3.8) is 0 Å². The Morgan fingerprint density at radius 1 is 0.585 bits per heavy atom. The minimum absolute atomic E-state index is 0.0375. The molecule has 1 rings (SSSR count). The number of ether oxygens (including phenoxy) is 4. The maximum atomic E-state index is 12.9. The van der Waals surface area contributed by atoms with E-state index in [0.717, 1.165) is 57.8 Å². The van der Waals surface area contributed by atoms with Crippen molar-refractivity contribution in [3.8, 4) is 0 Å². The van der Waals surface area contributed by atoms with E-state index in [1.807, 2.05) is 0 Å². The van der Waals surface area contributed by atoms with Crippen LogP contribution in [0.25, 0.3) is 0 Å². The second-order valence-electron chi connectivity index (χ2n) is 18.1. The Morgan fingerprint density at radius 2 is 1.02 bits per heavy atom. The summed E-state index contributed by atoms with van der Waals surface area (Å²) >= 11 is 0. The highest BCUT2D eigenvalue weighted by Gasteiger charge is 2.48. The third kappa shape index (κ3) is 37.0. The molecule has 65 heavy (non-hydrogen) atoms. The Kier molecular flexibility index (Phi) is 41.1. The van der Waals surface area contributed by atoms with Gasteiger partial charge in [0.25, 0.3) is 0 Å². The Labute approximate surface area is 396 Å². The van der Waals surface area contributed by atoms with Crippen LogP contribution in [-0.4, -0.2) is 97.5 Å². The summed E-state index contributed by atoms with van der Waals surface area (Å²) in [4.78, 5) is 12.9. The number of aliphatic hydroxyl groups is 3. The molecular formula is C52H96O12S. The van der Waals surface area contributed by atoms with Gasteiger partial charge in [0.2, 0.25) is 0 Å². The van der Waals surface area contributed by atoms with E-state index in [0.29, 0.717) is 13.0 Å². The molecule has 382 valence electrons. The first-order valence-corrected chi connectivity index (χ1v) is 27.6. The van der Waals surface area contributed by atoms with Gasteiger partial charge in [-0.25, -0.2) is 4.18 Å². The van der Waals surface area contributed by atoms with Crippen LogP contribution in [0.3, 0.4) is 0 Å². The molecule has 0 aliphatic carbocycles. The fourth-order valence-electron chi connectivity index (χ4n) is 8.03. The van der Waals surface area contributed by atoms with Crippen LogP contribution in [0.15, 0.2) is 36.5 Å². The average Bonchev–Trinajstić information content (AvgIpc) is 3.28. The number of esters is 1. The molecule has 0 saturated carbocycles. The number of allylic oxidation sites excluding steroid dienone is 6. The van der Waals surface area contributed by atoms with Gasteiger partial charge < -0.3 is 34.3 Å². The third-order valence-electron chi connectivity index (χ3n) is 12.0. The first-order valence-electron chi connectivity index (χ1n) is 26.2. The standard InChI is InChI=1S/C52H96O12S/c1-3-5-7-9-11-13-15-17-18-19-20-21-22-23-24-25-26-27-28-29-31-33-35-37-39-41-48(54)62-46(44-60-42-40-38-36-34-32-30-16-14-12-10-8-6-4-2)45-61-52-50(56)51(64-65(57,58)59)49(55)47(43-53)63-52/h15,17,19-20,22-23,46-47,49-53,55-56H,3-14,16,18,21,24-45H2,1-2H3,(H,57,58,59)/b17-15-,20-19-,23-22-. The molecule has 1 saturated heterocycles. The molecule has 1 aliphatic rings. The van der Waals surface area contributed by atoms with Gasteiger partial charge in [0.15, 0.2) is 6.29 Å². The lowest BCUT2D eigenvalue weighted by molar-refractivity contribution is -0.301. The van der Waals surface area contributed by atoms with E-state index in [1.54, 1.807) is 0 Å². The second kappa shape index (κ2) is 43.6. The molecule has 6 unspecified atom stereocenters. The number of carbonyl (C=O) groups excluding carboxylic acids is 1. The van der Waals surface area contributed by atoms with Crippen LogP contribution in [0.2, 0.25) is 0 Å². The van der Waals surface area contributed by atoms with Gasteiger partial charge in [-0.05, 0) is 51.4 Å². The number of aliphatic hydroxyl groups excluding tert-OH is 3. The molecule has 0 aromatic heterocycles. The number of carbonyl (C=O) groups is 1. The van der Waals surface area contributed by atoms with Crippen molar-refractivity contribution in [2.45, 2.75) is 263 Å². The summed E-state index contributed by atoms with van der Waals surface area (Å²) in [5, 5.41) is 30.7. The van der Waals surface area contributed by atoms with Crippen LogP contribution in [0.1, 0.15) is 226 Å². The molecule has 0 amide bonds. The number of hydrogen-bond acceptors (Lipinski definition) is 11. The summed E-state index contributed by atoms with van der Waals surface area (Å²) in [5.74, 6) is -0.401. The van der Waals surface area contributed by atoms with Gasteiger partial charge in [-0.2, -0.15) is 8.42 Å². The van der Waals surface area contributed by atoms with Crippen molar-refractivity contribution in [1.29, 1.82) is 0 Å². The van der Waals surface area contributed by atoms with E-state index in [9.17, 15) is 33.1 Å². The van der Waals surface area contributed by atoms with Gasteiger partial charge in [0.05, 0.1) is 19.8 Å². The Bertz CT molecular complexity index is 1270. The summed E-state index contributed by atoms with van der Waals surface area (Å²) in [6.07, 6.45) is 43.2. The number of unbranched alkanes of at least 4 members (excludes halogenated alkanes) is 27. The molecule has 1 heterocycles. The number of hydrogen-bond donors (Lipinski definition) is 4. The van der Waals surface area contributed by atoms with E-state index < -0.39 is 59.8 Å². The molecule has 4 N–H and O–H groups in total. The summed E-state index contributed by atoms with van der Waals surface area (Å²) < 4.78 is 59.2. The van der Waals surface area contributed by atoms with E-state index in [-0.39, 0.29) is 19.6 Å². The predicted molar refractivity (Wildman–Crippen MR) is 262 cm³/mol. The number of rotatable bonds is 46. The molecule has 12 nitrogen and oxygen atoms in total. The molecule has 1 aliphatic heterocycles. The highest BCUT2D eigenvalue weighted by atomic mass is 32.3. The van der Waals surface area contributed by atoms with Crippen molar-refractivity contribution in [2.75, 3.05) is 26.4 Å². The summed E-state index contributed by atoms with van der Waals surface area (Å²) in [7, 11) is -5.06. The highest BCUT2D eigenvalue weighted by molar-refractivity contribution is 7.80. The van der Waals surface area contributed by atoms with Crippen molar-refractivity contribution in [3.05, 3.63) is 36.5 Å². The Hall–Kier alpha value is -1.68. The Morgan fingerprint density at radius 3 is 1.48 bits per heavy atom. The van der Waals surface area contributed by atoms with Crippen molar-refractivity contribution < 1.29 is 56.2 Å². The molecule has 13 heteroatoms. The minimum atomic E-state index is -5.06. The van der Waals surface area contributed by atoms with Gasteiger partial charge in [0.1, 0.15) is 30.5 Å². The van der Waals surface area contributed by atoms with Gasteiger partial charge in [-0.1, -0.05) is 204 Å². The van der Waals surface area contributed by atoms with Crippen LogP contribution in [0.5, 0.6) is 0 Å². The van der Waals surface area contributed by atoms with E-state index in [1.165, 1.54) is 141 Å². The summed E-state index contributed by atoms with van der Waals surface area (Å²) in [5.41, 5.74) is 0. The van der Waals surface area contributed by atoms with Crippen molar-refractivity contribution in [1.82, 2.24) is 0 Å². The lowest BCUT2D eigenvalue weighted by Gasteiger charge is -2.41. The average molecular weight is 945 g/mol. The Balaban J connectivity index is 2.31. The van der Waals surface area contributed by atoms with E-state index in [2.05, 4.69) is 54.5 Å². The molecular weight excluding hydrogens is 849 g/mol. The van der Waals surface area contributed by atoms with Gasteiger partial charge in [-0.3, -0.25) is 9.35 Å². The molecule has 0 aromatic carbocycles. The maximum absolute atomic E-state index is 12.9. The quantitative estimate of drug-likeness (QED) is 0.0197. The summed E-state index contributed by atoms with van der Waals surface area (Å²) in [6.45, 7) is 4.00. The predicted octanol–water partition coefficient (Wildman–Crippen LogP) is 12.1. The zero-order chi connectivity index (χ0) is 47.5. The largest absolute Gasteiger partial charge is 0.457 e. The topological polar surface area (TPSA) is 178 Å². The first-order chi connectivity index (χ1) is 31.6. The first kappa shape index (κ1) is 61.3. The zero-order valence-electron chi connectivity index (χ0n) is 41.1. The third-order valence-corrected chi connectivity index (χ3v) is 12.5. The van der Waals surface area contributed by atoms with Gasteiger partial charge >= 0.3 is 16.4 Å². The van der Waals surface area contributed by atoms with Gasteiger partial charge in [-0.15, -0.1) is 0 Å². The molecule has 0 radical (unpaired) electrons. The SMILES string of the molecule is CCCCCCC/C=C\C/C=C\C/C=C\CCCCCCCCCCCCC(=O)OC(COCCCCCCCCCCCCCCC)COC1OC(CO)C(O)C(OS(=O)(=O)O)C1O. The van der Waals surface area contributed by atoms with Crippen LogP contribution in [0, 0.1) is 0 Å². The summed E-state index contributed by atoms with van der Waals surface area (Å²) in [6, 6.07) is 0. The van der Waals surface area contributed by atoms with Gasteiger partial charge in [0, 0.05) is 13.0 Å². The maximum Gasteiger partial charge on any atom is 0.397 e. The fourth-order valence-corrected chi connectivity index (χ4v) is 8.54. The molecule has 0 spiro atoms. The van der Waals surface area contributed by atoms with Crippen LogP contribution in [-0.2, 0) is 38.3 Å². The second-order valence-corrected chi connectivity index (χ2v) is 19.2. The smallest absolute Gasteiger partial charge is 0.397 e. The lowest BCUT2D eigenvalue weighted by atomic mass is 9.99. The zero-order valence-corrected chi connectivity index (χ0v) is 41.9. The van der Waals surface area contributed by atoms with Crippen LogP contribution in [0.4, 0.5) is 0 Å². The minimum Gasteiger partial charge on any atom is -0.457 e. The van der Waals surface area contributed by atoms with Crippen molar-refractivity contribution in [2.24, 2.45) is 0 Å². The van der Waals surface area contributed by atoms with E-state index >= 15 is 0 Å². The normalized spacial score (nSPS) is 19.9. The van der Waals surface area contributed by atoms with Crippen LogP contribution >= 0.6 is 0 Å². The van der Waals surface area contributed by atoms with Crippen molar-refractivity contribution >= 4 is 16.4 Å². The molecule has 6 atom stereocenters. The van der Waals surface area contributed by atoms with Crippen LogP contribution < -0.4 is 0 Å². The fraction of sp³-hybridized carbons (Fsp3) is 0.865. The monoisotopic (exact) mass is 945 g/mol. The molecule has 0 bridgehead atoms. The molecule has 1 fully saturated rings.